The van der Waals surface area contributed by atoms with Crippen LogP contribution in [0.5, 0.6) is 0 Å². The van der Waals surface area contributed by atoms with Gasteiger partial charge in [-0.2, -0.15) is 0 Å². The molecule has 4 rings (SSSR count). The van der Waals surface area contributed by atoms with Crippen LogP contribution in [0.1, 0.15) is 5.56 Å². The smallest absolute Gasteiger partial charge is 0.122 e. The van der Waals surface area contributed by atoms with Gasteiger partial charge in [-0.25, -0.2) is 4.68 Å². The molecule has 0 atom stereocenters. The summed E-state index contributed by atoms with van der Waals surface area (Å²) in [5, 5.41) is 8.82. The minimum absolute atomic E-state index is 0.659. The molecule has 0 bridgehead atoms. The monoisotopic (exact) mass is 312 g/mol. The third-order valence-electron chi connectivity index (χ3n) is 3.87. The van der Waals surface area contributed by atoms with Crippen LogP contribution in [0.3, 0.4) is 0 Å². The predicted molar refractivity (Wildman–Crippen MR) is 94.2 cm³/mol. The number of rotatable bonds is 4. The van der Waals surface area contributed by atoms with Gasteiger partial charge in [0.2, 0.25) is 0 Å². The first-order valence-corrected chi connectivity index (χ1v) is 7.86. The summed E-state index contributed by atoms with van der Waals surface area (Å²) >= 11 is 0. The van der Waals surface area contributed by atoms with Crippen LogP contribution in [-0.2, 0) is 6.54 Å². The summed E-state index contributed by atoms with van der Waals surface area (Å²) in [6.45, 7) is 0.659. The summed E-state index contributed by atoms with van der Waals surface area (Å²) < 4.78 is 1.92. The van der Waals surface area contributed by atoms with Crippen LogP contribution in [-0.4, -0.2) is 20.0 Å². The molecule has 0 saturated carbocycles. The first-order chi connectivity index (χ1) is 11.9. The van der Waals surface area contributed by atoms with Crippen LogP contribution in [0.4, 0.5) is 0 Å². The highest BCUT2D eigenvalue weighted by Crippen LogP contribution is 2.29. The van der Waals surface area contributed by atoms with Crippen LogP contribution in [0, 0.1) is 0 Å². The van der Waals surface area contributed by atoms with E-state index in [2.05, 4.69) is 27.4 Å². The molecule has 0 amide bonds. The van der Waals surface area contributed by atoms with Gasteiger partial charge in [-0.3, -0.25) is 4.98 Å². The molecule has 0 unspecified atom stereocenters. The molecule has 0 saturated heterocycles. The lowest BCUT2D eigenvalue weighted by molar-refractivity contribution is 0.654. The van der Waals surface area contributed by atoms with Crippen molar-refractivity contribution >= 4 is 0 Å². The molecule has 4 nitrogen and oxygen atoms in total. The van der Waals surface area contributed by atoms with E-state index in [1.54, 1.807) is 6.20 Å². The van der Waals surface area contributed by atoms with Crippen molar-refractivity contribution in [3.05, 3.63) is 90.6 Å². The molecular weight excluding hydrogens is 296 g/mol. The minimum atomic E-state index is 0.659. The maximum absolute atomic E-state index is 4.51. The van der Waals surface area contributed by atoms with Crippen molar-refractivity contribution in [3.63, 3.8) is 0 Å². The van der Waals surface area contributed by atoms with Crippen LogP contribution in [0.25, 0.3) is 22.6 Å². The largest absolute Gasteiger partial charge is 0.255 e. The lowest BCUT2D eigenvalue weighted by Gasteiger charge is -2.08. The maximum atomic E-state index is 4.51. The maximum Gasteiger partial charge on any atom is 0.122 e. The third-order valence-corrected chi connectivity index (χ3v) is 3.87. The first-order valence-electron chi connectivity index (χ1n) is 7.86. The van der Waals surface area contributed by atoms with Crippen molar-refractivity contribution in [1.82, 2.24) is 20.0 Å². The fourth-order valence-electron chi connectivity index (χ4n) is 2.73. The Morgan fingerprint density at radius 1 is 0.750 bits per heavy atom. The van der Waals surface area contributed by atoms with Gasteiger partial charge in [0.25, 0.3) is 0 Å². The summed E-state index contributed by atoms with van der Waals surface area (Å²) in [5.74, 6) is 0. The quantitative estimate of drug-likeness (QED) is 0.571. The number of hydrogen-bond acceptors (Lipinski definition) is 3. The summed E-state index contributed by atoms with van der Waals surface area (Å²) in [6, 6.07) is 26.3. The predicted octanol–water partition coefficient (Wildman–Crippen LogP) is 4.06. The van der Waals surface area contributed by atoms with Gasteiger partial charge >= 0.3 is 0 Å². The van der Waals surface area contributed by atoms with Crippen LogP contribution < -0.4 is 0 Å². The average Bonchev–Trinajstić information content (AvgIpc) is 3.07. The van der Waals surface area contributed by atoms with Crippen molar-refractivity contribution in [2.24, 2.45) is 0 Å². The molecular formula is C20H16N4. The van der Waals surface area contributed by atoms with E-state index in [-0.39, 0.29) is 0 Å². The zero-order valence-corrected chi connectivity index (χ0v) is 13.1. The lowest BCUT2D eigenvalue weighted by atomic mass is 10.1. The van der Waals surface area contributed by atoms with Crippen LogP contribution in [0.2, 0.25) is 0 Å². The van der Waals surface area contributed by atoms with Gasteiger partial charge in [-0.1, -0.05) is 71.9 Å². The van der Waals surface area contributed by atoms with E-state index in [1.165, 1.54) is 5.56 Å². The zero-order chi connectivity index (χ0) is 16.2. The molecule has 0 aliphatic heterocycles. The Morgan fingerprint density at radius 3 is 2.17 bits per heavy atom. The Labute approximate surface area is 140 Å². The Bertz CT molecular complexity index is 916. The fourth-order valence-corrected chi connectivity index (χ4v) is 2.73. The number of benzene rings is 2. The van der Waals surface area contributed by atoms with E-state index >= 15 is 0 Å². The molecule has 0 aliphatic rings. The van der Waals surface area contributed by atoms with Gasteiger partial charge in [0.1, 0.15) is 11.4 Å². The fraction of sp³-hybridized carbons (Fsp3) is 0.0500. The van der Waals surface area contributed by atoms with E-state index in [9.17, 15) is 0 Å². The highest BCUT2D eigenvalue weighted by atomic mass is 15.4. The van der Waals surface area contributed by atoms with Crippen molar-refractivity contribution in [2.75, 3.05) is 0 Å². The second-order valence-corrected chi connectivity index (χ2v) is 5.51. The van der Waals surface area contributed by atoms with Crippen molar-refractivity contribution in [1.29, 1.82) is 0 Å². The van der Waals surface area contributed by atoms with Crippen molar-refractivity contribution < 1.29 is 0 Å². The highest BCUT2D eigenvalue weighted by Gasteiger charge is 2.17. The second kappa shape index (κ2) is 6.46. The summed E-state index contributed by atoms with van der Waals surface area (Å²) in [7, 11) is 0. The Hall–Kier alpha value is -3.27. The van der Waals surface area contributed by atoms with Gasteiger partial charge in [0.15, 0.2) is 0 Å². The topological polar surface area (TPSA) is 43.6 Å². The molecule has 0 N–H and O–H groups in total. The molecule has 24 heavy (non-hydrogen) atoms. The van der Waals surface area contributed by atoms with E-state index in [4.69, 9.17) is 0 Å². The Kier molecular flexibility index (Phi) is 3.86. The zero-order valence-electron chi connectivity index (χ0n) is 13.1. The van der Waals surface area contributed by atoms with Gasteiger partial charge in [0.05, 0.1) is 12.2 Å². The Balaban J connectivity index is 1.84. The van der Waals surface area contributed by atoms with E-state index in [0.717, 1.165) is 22.6 Å². The number of hydrogen-bond donors (Lipinski definition) is 0. The third kappa shape index (κ3) is 2.82. The molecule has 2 aromatic heterocycles. The normalized spacial score (nSPS) is 10.7. The minimum Gasteiger partial charge on any atom is -0.255 e. The summed E-state index contributed by atoms with van der Waals surface area (Å²) in [4.78, 5) is 4.51. The number of pyridine rings is 1. The molecule has 0 radical (unpaired) electrons. The molecule has 116 valence electrons. The van der Waals surface area contributed by atoms with E-state index < -0.39 is 0 Å². The molecule has 2 heterocycles. The van der Waals surface area contributed by atoms with Gasteiger partial charge in [0, 0.05) is 11.8 Å². The lowest BCUT2D eigenvalue weighted by Crippen LogP contribution is -2.04. The van der Waals surface area contributed by atoms with Gasteiger partial charge in [-0.15, -0.1) is 5.10 Å². The number of aromatic nitrogens is 4. The van der Waals surface area contributed by atoms with Crippen molar-refractivity contribution in [2.45, 2.75) is 6.54 Å². The van der Waals surface area contributed by atoms with Crippen LogP contribution in [0.15, 0.2) is 85.1 Å². The molecule has 4 aromatic rings. The second-order valence-electron chi connectivity index (χ2n) is 5.51. The molecule has 2 aromatic carbocycles. The Morgan fingerprint density at radius 2 is 1.46 bits per heavy atom. The molecule has 0 spiro atoms. The SMILES string of the molecule is c1ccc(Cn2nnc(-c3ccccc3)c2-c2ccccn2)cc1. The standard InChI is InChI=1S/C20H16N4/c1-3-9-16(10-4-1)15-24-20(18-13-7-8-14-21-18)19(22-23-24)17-11-5-2-6-12-17/h1-14H,15H2. The molecule has 0 aliphatic carbocycles. The van der Waals surface area contributed by atoms with Gasteiger partial charge in [-0.05, 0) is 17.7 Å². The van der Waals surface area contributed by atoms with Gasteiger partial charge < -0.3 is 0 Å². The average molecular weight is 312 g/mol. The highest BCUT2D eigenvalue weighted by molar-refractivity contribution is 5.76. The van der Waals surface area contributed by atoms with Crippen LogP contribution >= 0.6 is 0 Å². The molecule has 0 fully saturated rings. The first kappa shape index (κ1) is 14.3. The van der Waals surface area contributed by atoms with E-state index in [0.29, 0.717) is 6.54 Å². The van der Waals surface area contributed by atoms with E-state index in [1.807, 2.05) is 71.4 Å². The molecule has 4 heteroatoms. The number of nitrogens with zero attached hydrogens (tertiary/aromatic N) is 4. The van der Waals surface area contributed by atoms with Crippen molar-refractivity contribution in [3.8, 4) is 22.6 Å². The summed E-state index contributed by atoms with van der Waals surface area (Å²) in [6.07, 6.45) is 1.80. The summed E-state index contributed by atoms with van der Waals surface area (Å²) in [5.41, 5.74) is 4.88.